The molecule has 2 heterocycles. The van der Waals surface area contributed by atoms with Crippen molar-refractivity contribution in [3.8, 4) is 0 Å². The van der Waals surface area contributed by atoms with E-state index in [1.807, 2.05) is 0 Å². The fraction of sp³-hybridized carbons (Fsp3) is 0.793. The zero-order valence-electron chi connectivity index (χ0n) is 21.9. The van der Waals surface area contributed by atoms with Crippen molar-refractivity contribution in [3.05, 3.63) is 34.3 Å². The Morgan fingerprint density at radius 1 is 0.806 bits per heavy atom. The van der Waals surface area contributed by atoms with E-state index in [9.17, 15) is 0 Å². The average Bonchev–Trinajstić information content (AvgIpc) is 3.09. The molecule has 2 nitrogen and oxygen atoms in total. The summed E-state index contributed by atoms with van der Waals surface area (Å²) in [4.78, 5) is 0. The van der Waals surface area contributed by atoms with Crippen LogP contribution in [0.15, 0.2) is 34.3 Å². The molecule has 4 aliphatic rings. The minimum atomic E-state index is 0.0725. The van der Waals surface area contributed by atoms with E-state index in [2.05, 4.69) is 68.4 Å². The second kappa shape index (κ2) is 9.36. The van der Waals surface area contributed by atoms with Crippen molar-refractivity contribution in [3.63, 3.8) is 0 Å². The lowest BCUT2D eigenvalue weighted by Gasteiger charge is -2.37. The quantitative estimate of drug-likeness (QED) is 0.418. The maximum Gasteiger partial charge on any atom is 0.106 e. The summed E-state index contributed by atoms with van der Waals surface area (Å²) in [7, 11) is 0. The summed E-state index contributed by atoms with van der Waals surface area (Å²) >= 11 is 0. The smallest absolute Gasteiger partial charge is 0.106 e. The first-order valence-corrected chi connectivity index (χ1v) is 12.9. The van der Waals surface area contributed by atoms with E-state index < -0.39 is 0 Å². The number of allylic oxidation sites excluding steroid dienone is 6. The summed E-state index contributed by atoms with van der Waals surface area (Å²) in [5.41, 5.74) is 4.78. The molecule has 176 valence electrons. The molecule has 5 atom stereocenters. The Bertz CT molecular complexity index is 749. The summed E-state index contributed by atoms with van der Waals surface area (Å²) in [5, 5.41) is 0. The van der Waals surface area contributed by atoms with E-state index >= 15 is 0 Å². The van der Waals surface area contributed by atoms with Crippen molar-refractivity contribution in [2.75, 3.05) is 0 Å². The lowest BCUT2D eigenvalue weighted by Crippen LogP contribution is -2.32. The van der Waals surface area contributed by atoms with Crippen molar-refractivity contribution >= 4 is 0 Å². The van der Waals surface area contributed by atoms with Gasteiger partial charge in [-0.05, 0) is 109 Å². The van der Waals surface area contributed by atoms with Crippen LogP contribution in [0.25, 0.3) is 0 Å². The minimum absolute atomic E-state index is 0.0725. The first-order valence-electron chi connectivity index (χ1n) is 12.9. The van der Waals surface area contributed by atoms with Gasteiger partial charge in [0, 0.05) is 11.8 Å². The Morgan fingerprint density at radius 3 is 1.87 bits per heavy atom. The Hall–Kier alpha value is -1.18. The summed E-state index contributed by atoms with van der Waals surface area (Å²) < 4.78 is 12.5. The lowest BCUT2D eigenvalue weighted by atomic mass is 9.87. The highest BCUT2D eigenvalue weighted by atomic mass is 16.5. The van der Waals surface area contributed by atoms with Crippen LogP contribution in [0.1, 0.15) is 114 Å². The second-order valence-corrected chi connectivity index (χ2v) is 12.1. The van der Waals surface area contributed by atoms with Crippen molar-refractivity contribution in [2.45, 2.75) is 125 Å². The van der Waals surface area contributed by atoms with E-state index in [-0.39, 0.29) is 11.2 Å². The van der Waals surface area contributed by atoms with Crippen molar-refractivity contribution < 1.29 is 9.47 Å². The maximum atomic E-state index is 6.41. The van der Waals surface area contributed by atoms with Gasteiger partial charge in [0.2, 0.25) is 0 Å². The molecule has 0 aromatic heterocycles. The first kappa shape index (κ1) is 24.5. The van der Waals surface area contributed by atoms with Crippen LogP contribution in [0.5, 0.6) is 0 Å². The fourth-order valence-electron chi connectivity index (χ4n) is 6.09. The monoisotopic (exact) mass is 428 g/mol. The van der Waals surface area contributed by atoms with Gasteiger partial charge in [-0.2, -0.15) is 0 Å². The average molecular weight is 429 g/mol. The number of rotatable bonds is 3. The summed E-state index contributed by atoms with van der Waals surface area (Å²) in [6.07, 6.45) is 12.1. The molecule has 0 amide bonds. The van der Waals surface area contributed by atoms with Gasteiger partial charge in [0.05, 0.1) is 11.5 Å². The first-order chi connectivity index (χ1) is 14.4. The van der Waals surface area contributed by atoms with Crippen molar-refractivity contribution in [1.29, 1.82) is 0 Å². The molecule has 0 saturated heterocycles. The molecule has 0 aromatic carbocycles. The van der Waals surface area contributed by atoms with Gasteiger partial charge in [0.1, 0.15) is 11.2 Å². The molecule has 0 aromatic rings. The second-order valence-electron chi connectivity index (χ2n) is 12.1. The van der Waals surface area contributed by atoms with Crippen LogP contribution in [-0.4, -0.2) is 11.2 Å². The predicted octanol–water partition coefficient (Wildman–Crippen LogP) is 8.74. The molecule has 0 spiro atoms. The highest BCUT2D eigenvalue weighted by molar-refractivity contribution is 5.24. The molecule has 5 unspecified atom stereocenters. The molecule has 0 N–H and O–H groups in total. The van der Waals surface area contributed by atoms with E-state index in [1.54, 1.807) is 11.1 Å². The van der Waals surface area contributed by atoms with Gasteiger partial charge in [-0.15, -0.1) is 0 Å². The Morgan fingerprint density at radius 2 is 1.32 bits per heavy atom. The van der Waals surface area contributed by atoms with E-state index in [0.29, 0.717) is 11.8 Å². The predicted molar refractivity (Wildman–Crippen MR) is 132 cm³/mol. The molecule has 0 bridgehead atoms. The third kappa shape index (κ3) is 5.79. The summed E-state index contributed by atoms with van der Waals surface area (Å²) in [6.45, 7) is 20.3. The van der Waals surface area contributed by atoms with E-state index in [4.69, 9.17) is 9.47 Å². The summed E-state index contributed by atoms with van der Waals surface area (Å²) in [5.74, 6) is 5.47. The number of hydrogen-bond donors (Lipinski definition) is 0. The fourth-order valence-corrected chi connectivity index (χ4v) is 6.09. The topological polar surface area (TPSA) is 18.5 Å². The van der Waals surface area contributed by atoms with Crippen LogP contribution in [0.2, 0.25) is 0 Å². The molecule has 31 heavy (non-hydrogen) atoms. The molecule has 2 heteroatoms. The van der Waals surface area contributed by atoms with Crippen molar-refractivity contribution in [1.82, 2.24) is 0 Å². The zero-order valence-corrected chi connectivity index (χ0v) is 21.9. The van der Waals surface area contributed by atoms with Crippen molar-refractivity contribution in [2.24, 2.45) is 23.7 Å². The van der Waals surface area contributed by atoms with Gasteiger partial charge in [0.15, 0.2) is 0 Å². The van der Waals surface area contributed by atoms with Crippen LogP contribution in [0, 0.1) is 23.7 Å². The molecular formula is C29H48O2. The highest BCUT2D eigenvalue weighted by Gasteiger charge is 2.39. The molecule has 4 rings (SSSR count). The van der Waals surface area contributed by atoms with Crippen LogP contribution in [0.3, 0.4) is 0 Å². The molecule has 0 saturated carbocycles. The normalized spacial score (nSPS) is 36.0. The lowest BCUT2D eigenvalue weighted by molar-refractivity contribution is -0.0186. The largest absolute Gasteiger partial charge is 0.492 e. The van der Waals surface area contributed by atoms with E-state index in [0.717, 1.165) is 24.7 Å². The third-order valence-electron chi connectivity index (χ3n) is 8.02. The van der Waals surface area contributed by atoms with Crippen LogP contribution >= 0.6 is 0 Å². The molecule has 0 radical (unpaired) electrons. The summed E-state index contributed by atoms with van der Waals surface area (Å²) in [6, 6.07) is 0. The number of hydrogen-bond acceptors (Lipinski definition) is 2. The van der Waals surface area contributed by atoms with Gasteiger partial charge >= 0.3 is 0 Å². The molecule has 2 aliphatic carbocycles. The Balaban J connectivity index is 0.000000185. The van der Waals surface area contributed by atoms with Crippen LogP contribution in [-0.2, 0) is 9.47 Å². The van der Waals surface area contributed by atoms with Gasteiger partial charge in [0.25, 0.3) is 0 Å². The van der Waals surface area contributed by atoms with Gasteiger partial charge in [-0.3, -0.25) is 0 Å². The van der Waals surface area contributed by atoms with E-state index in [1.165, 1.54) is 55.6 Å². The minimum Gasteiger partial charge on any atom is -0.492 e. The third-order valence-corrected chi connectivity index (χ3v) is 8.02. The Labute approximate surface area is 192 Å². The molecular weight excluding hydrogens is 380 g/mol. The zero-order chi connectivity index (χ0) is 23.0. The van der Waals surface area contributed by atoms with Gasteiger partial charge in [-0.1, -0.05) is 39.3 Å². The highest BCUT2D eigenvalue weighted by Crippen LogP contribution is 2.47. The van der Waals surface area contributed by atoms with Crippen LogP contribution in [0.4, 0.5) is 0 Å². The van der Waals surface area contributed by atoms with Gasteiger partial charge in [-0.25, -0.2) is 0 Å². The SMILES string of the molecule is CC(C)=CCCC1(C)CCC2=C(O1)C(C)CC2C.CC1CC(C)C2=C1CCC(C)(C)O2. The van der Waals surface area contributed by atoms with Crippen LogP contribution < -0.4 is 0 Å². The standard InChI is InChI=1S/C17H28O.C12H20O/c1-12(2)7-6-9-17(5)10-8-15-13(3)11-14(4)16(15)18-17;1-8-7-9(2)11-10(8)5-6-12(3,4)13-11/h7,13-14H,6,8-11H2,1-5H3;8-9H,5-7H2,1-4H3. The van der Waals surface area contributed by atoms with Gasteiger partial charge < -0.3 is 9.47 Å². The molecule has 2 aliphatic heterocycles. The maximum absolute atomic E-state index is 6.41. The number of ether oxygens (including phenoxy) is 2. The molecule has 0 fully saturated rings. The Kier molecular flexibility index (Phi) is 7.38.